The maximum atomic E-state index is 12.6. The van der Waals surface area contributed by atoms with Gasteiger partial charge in [0.15, 0.2) is 0 Å². The fraction of sp³-hybridized carbons (Fsp3) is 0.133. The van der Waals surface area contributed by atoms with Crippen LogP contribution in [-0.2, 0) is 11.0 Å². The summed E-state index contributed by atoms with van der Waals surface area (Å²) < 4.78 is 43.0. The van der Waals surface area contributed by atoms with E-state index in [1.807, 2.05) is 0 Å². The molecule has 1 unspecified atom stereocenters. The maximum Gasteiger partial charge on any atom is 0.416 e. The van der Waals surface area contributed by atoms with E-state index in [-0.39, 0.29) is 5.75 Å². The van der Waals surface area contributed by atoms with Crippen molar-refractivity contribution in [3.05, 3.63) is 65.7 Å². The smallest absolute Gasteiger partial charge is 0.416 e. The first-order valence-corrected chi connectivity index (χ1v) is 5.99. The van der Waals surface area contributed by atoms with Crippen LogP contribution in [0.15, 0.2) is 54.6 Å². The van der Waals surface area contributed by atoms with Gasteiger partial charge in [0, 0.05) is 5.56 Å². The molecule has 0 radical (unpaired) electrons. The molecule has 6 heteroatoms. The van der Waals surface area contributed by atoms with Crippen LogP contribution >= 0.6 is 0 Å². The Morgan fingerprint density at radius 2 is 1.71 bits per heavy atom. The number of carboxylic acids is 1. The van der Waals surface area contributed by atoms with Gasteiger partial charge in [0.2, 0.25) is 6.10 Å². The molecule has 2 aromatic carbocycles. The van der Waals surface area contributed by atoms with E-state index in [1.165, 1.54) is 24.3 Å². The molecule has 110 valence electrons. The Bertz CT molecular complexity index is 624. The predicted octanol–water partition coefficient (Wildman–Crippen LogP) is 3.91. The molecule has 0 aromatic heterocycles. The normalized spacial score (nSPS) is 12.7. The van der Waals surface area contributed by atoms with E-state index < -0.39 is 23.8 Å². The lowest BCUT2D eigenvalue weighted by Gasteiger charge is -2.16. The minimum absolute atomic E-state index is 0.152. The number of hydrogen-bond acceptors (Lipinski definition) is 2. The topological polar surface area (TPSA) is 46.5 Å². The summed E-state index contributed by atoms with van der Waals surface area (Å²) in [5.74, 6) is -1.43. The summed E-state index contributed by atoms with van der Waals surface area (Å²) in [7, 11) is 0. The Morgan fingerprint density at radius 1 is 1.05 bits per heavy atom. The molecule has 0 saturated heterocycles. The third kappa shape index (κ3) is 3.75. The van der Waals surface area contributed by atoms with Gasteiger partial charge < -0.3 is 9.84 Å². The maximum absolute atomic E-state index is 12.6. The Labute approximate surface area is 118 Å². The van der Waals surface area contributed by atoms with Gasteiger partial charge in [-0.1, -0.05) is 36.4 Å². The van der Waals surface area contributed by atoms with Crippen LogP contribution in [0, 0.1) is 0 Å². The molecule has 0 aliphatic carbocycles. The van der Waals surface area contributed by atoms with Crippen molar-refractivity contribution in [1.82, 2.24) is 0 Å². The van der Waals surface area contributed by atoms with Gasteiger partial charge >= 0.3 is 12.1 Å². The minimum atomic E-state index is -4.51. The summed E-state index contributed by atoms with van der Waals surface area (Å²) in [6.45, 7) is 0. The van der Waals surface area contributed by atoms with E-state index in [2.05, 4.69) is 0 Å². The highest BCUT2D eigenvalue weighted by molar-refractivity contribution is 5.74. The van der Waals surface area contributed by atoms with E-state index in [9.17, 15) is 18.0 Å². The number of benzene rings is 2. The van der Waals surface area contributed by atoms with Crippen molar-refractivity contribution in [3.8, 4) is 5.75 Å². The van der Waals surface area contributed by atoms with Gasteiger partial charge in [0.05, 0.1) is 5.56 Å². The third-order valence-corrected chi connectivity index (χ3v) is 2.74. The first-order chi connectivity index (χ1) is 9.88. The molecular weight excluding hydrogens is 285 g/mol. The van der Waals surface area contributed by atoms with Crippen LogP contribution < -0.4 is 4.74 Å². The third-order valence-electron chi connectivity index (χ3n) is 2.74. The Hall–Kier alpha value is -2.50. The lowest BCUT2D eigenvalue weighted by molar-refractivity contribution is -0.145. The van der Waals surface area contributed by atoms with Gasteiger partial charge in [-0.25, -0.2) is 4.79 Å². The Morgan fingerprint density at radius 3 is 2.29 bits per heavy atom. The van der Waals surface area contributed by atoms with E-state index in [1.54, 1.807) is 18.2 Å². The molecule has 1 N–H and O–H groups in total. The number of rotatable bonds is 4. The molecule has 21 heavy (non-hydrogen) atoms. The summed E-state index contributed by atoms with van der Waals surface area (Å²) in [5, 5.41) is 9.17. The zero-order chi connectivity index (χ0) is 15.5. The van der Waals surface area contributed by atoms with E-state index >= 15 is 0 Å². The van der Waals surface area contributed by atoms with Crippen LogP contribution in [0.2, 0.25) is 0 Å². The average Bonchev–Trinajstić information content (AvgIpc) is 2.45. The van der Waals surface area contributed by atoms with Gasteiger partial charge in [-0.3, -0.25) is 0 Å². The number of ether oxygens (including phenoxy) is 1. The molecule has 2 aromatic rings. The SMILES string of the molecule is O=C(O)C(Oc1cccc(C(F)(F)F)c1)c1ccccc1. The monoisotopic (exact) mass is 296 g/mol. The largest absolute Gasteiger partial charge is 0.478 e. The number of aliphatic carboxylic acids is 1. The van der Waals surface area contributed by atoms with Gasteiger partial charge in [-0.05, 0) is 18.2 Å². The zero-order valence-corrected chi connectivity index (χ0v) is 10.7. The molecule has 3 nitrogen and oxygen atoms in total. The van der Waals surface area contributed by atoms with Gasteiger partial charge in [0.1, 0.15) is 5.75 Å². The summed E-state index contributed by atoms with van der Waals surface area (Å²) >= 11 is 0. The van der Waals surface area contributed by atoms with Gasteiger partial charge in [0.25, 0.3) is 0 Å². The predicted molar refractivity (Wildman–Crippen MR) is 68.9 cm³/mol. The Kier molecular flexibility index (Phi) is 4.16. The molecule has 2 rings (SSSR count). The summed E-state index contributed by atoms with van der Waals surface area (Å²) in [6, 6.07) is 12.1. The summed E-state index contributed by atoms with van der Waals surface area (Å²) in [6.07, 6.45) is -5.88. The molecule has 0 bridgehead atoms. The van der Waals surface area contributed by atoms with Crippen molar-refractivity contribution in [2.45, 2.75) is 12.3 Å². The van der Waals surface area contributed by atoms with Crippen molar-refractivity contribution < 1.29 is 27.8 Å². The summed E-state index contributed by atoms with van der Waals surface area (Å²) in [5.41, 5.74) is -0.542. The van der Waals surface area contributed by atoms with Crippen molar-refractivity contribution in [2.24, 2.45) is 0 Å². The van der Waals surface area contributed by atoms with E-state index in [0.717, 1.165) is 12.1 Å². The van der Waals surface area contributed by atoms with Gasteiger partial charge in [-0.15, -0.1) is 0 Å². The highest BCUT2D eigenvalue weighted by Crippen LogP contribution is 2.32. The fourth-order valence-electron chi connectivity index (χ4n) is 1.77. The average molecular weight is 296 g/mol. The fourth-order valence-corrected chi connectivity index (χ4v) is 1.77. The first-order valence-electron chi connectivity index (χ1n) is 5.99. The van der Waals surface area contributed by atoms with Gasteiger partial charge in [-0.2, -0.15) is 13.2 Å². The molecular formula is C15H11F3O3. The molecule has 0 amide bonds. The molecule has 1 atom stereocenters. The lowest BCUT2D eigenvalue weighted by Crippen LogP contribution is -2.18. The molecule has 0 aliphatic rings. The number of carbonyl (C=O) groups is 1. The summed E-state index contributed by atoms with van der Waals surface area (Å²) in [4.78, 5) is 11.2. The highest BCUT2D eigenvalue weighted by atomic mass is 19.4. The van der Waals surface area contributed by atoms with Crippen LogP contribution in [0.25, 0.3) is 0 Å². The minimum Gasteiger partial charge on any atom is -0.478 e. The molecule has 0 fully saturated rings. The first kappa shape index (κ1) is 14.9. The van der Waals surface area contributed by atoms with Crippen molar-refractivity contribution >= 4 is 5.97 Å². The second kappa shape index (κ2) is 5.87. The molecule has 0 saturated carbocycles. The van der Waals surface area contributed by atoms with Crippen molar-refractivity contribution in [3.63, 3.8) is 0 Å². The van der Waals surface area contributed by atoms with E-state index in [0.29, 0.717) is 5.56 Å². The number of carboxylic acid groups (broad SMARTS) is 1. The Balaban J connectivity index is 2.28. The molecule has 0 aliphatic heterocycles. The van der Waals surface area contributed by atoms with Crippen molar-refractivity contribution in [1.29, 1.82) is 0 Å². The standard InChI is InChI=1S/C15H11F3O3/c16-15(17,18)11-7-4-8-12(9-11)21-13(14(19)20)10-5-2-1-3-6-10/h1-9,13H,(H,19,20). The van der Waals surface area contributed by atoms with Crippen LogP contribution in [-0.4, -0.2) is 11.1 Å². The second-order valence-electron chi connectivity index (χ2n) is 4.27. The lowest BCUT2D eigenvalue weighted by atomic mass is 10.1. The molecule has 0 heterocycles. The van der Waals surface area contributed by atoms with E-state index in [4.69, 9.17) is 9.84 Å². The van der Waals surface area contributed by atoms with Crippen LogP contribution in [0.3, 0.4) is 0 Å². The van der Waals surface area contributed by atoms with Crippen LogP contribution in [0.4, 0.5) is 13.2 Å². The van der Waals surface area contributed by atoms with Crippen molar-refractivity contribution in [2.75, 3.05) is 0 Å². The number of halogens is 3. The van der Waals surface area contributed by atoms with Crippen LogP contribution in [0.1, 0.15) is 17.2 Å². The van der Waals surface area contributed by atoms with Crippen LogP contribution in [0.5, 0.6) is 5.75 Å². The molecule has 0 spiro atoms. The second-order valence-corrected chi connectivity index (χ2v) is 4.27. The zero-order valence-electron chi connectivity index (χ0n) is 10.7. The number of alkyl halides is 3. The quantitative estimate of drug-likeness (QED) is 0.930. The number of hydrogen-bond donors (Lipinski definition) is 1. The highest BCUT2D eigenvalue weighted by Gasteiger charge is 2.31.